The Balaban J connectivity index is 1.71. The first-order chi connectivity index (χ1) is 12.4. The van der Waals surface area contributed by atoms with Gasteiger partial charge in [-0.25, -0.2) is 9.78 Å². The van der Waals surface area contributed by atoms with Crippen LogP contribution in [0.4, 0.5) is 4.79 Å². The standard InChI is InChI=1S/C17H19N5O3S/c1-9-14(15(22-17(25)19-9)12-4-3-7-26-12)16(24)18-6-5-11-8-13(23)21-10(2)20-11/h3-4,7-8,15H,5-6H2,1-2H3,(H,18,24)(H2,19,22,25)(H,20,21,23). The van der Waals surface area contributed by atoms with E-state index in [0.717, 1.165) is 4.88 Å². The van der Waals surface area contributed by atoms with Gasteiger partial charge in [-0.15, -0.1) is 11.3 Å². The molecule has 3 rings (SSSR count). The maximum atomic E-state index is 12.7. The van der Waals surface area contributed by atoms with E-state index >= 15 is 0 Å². The van der Waals surface area contributed by atoms with Gasteiger partial charge >= 0.3 is 6.03 Å². The molecule has 136 valence electrons. The number of H-pyrrole nitrogens is 1. The second-order valence-corrected chi connectivity index (χ2v) is 6.89. The molecule has 9 heteroatoms. The normalized spacial score (nSPS) is 16.8. The molecule has 0 radical (unpaired) electrons. The monoisotopic (exact) mass is 373 g/mol. The molecule has 3 heterocycles. The molecule has 0 saturated carbocycles. The Labute approximate surface area is 153 Å². The minimum Gasteiger partial charge on any atom is -0.352 e. The fourth-order valence-corrected chi connectivity index (χ4v) is 3.62. The Morgan fingerprint density at radius 1 is 1.35 bits per heavy atom. The molecule has 1 aliphatic rings. The Bertz CT molecular complexity index is 917. The van der Waals surface area contributed by atoms with Crippen LogP contribution in [0.25, 0.3) is 0 Å². The van der Waals surface area contributed by atoms with E-state index in [4.69, 9.17) is 0 Å². The first kappa shape index (κ1) is 17.9. The van der Waals surface area contributed by atoms with Gasteiger partial charge < -0.3 is 20.9 Å². The number of thiophene rings is 1. The number of rotatable bonds is 5. The van der Waals surface area contributed by atoms with E-state index in [1.54, 1.807) is 13.8 Å². The third kappa shape index (κ3) is 3.99. The van der Waals surface area contributed by atoms with E-state index in [-0.39, 0.29) is 17.5 Å². The summed E-state index contributed by atoms with van der Waals surface area (Å²) >= 11 is 1.47. The predicted molar refractivity (Wildman–Crippen MR) is 97.7 cm³/mol. The number of hydrogen-bond acceptors (Lipinski definition) is 5. The molecule has 0 aromatic carbocycles. The molecule has 0 fully saturated rings. The van der Waals surface area contributed by atoms with Crippen molar-refractivity contribution in [2.24, 2.45) is 0 Å². The number of urea groups is 1. The molecule has 1 unspecified atom stereocenters. The van der Waals surface area contributed by atoms with Crippen LogP contribution < -0.4 is 21.5 Å². The van der Waals surface area contributed by atoms with Gasteiger partial charge in [0.25, 0.3) is 11.5 Å². The van der Waals surface area contributed by atoms with Gasteiger partial charge in [-0.3, -0.25) is 9.59 Å². The molecule has 2 aromatic rings. The molecule has 0 bridgehead atoms. The number of nitrogens with one attached hydrogen (secondary N) is 4. The fourth-order valence-electron chi connectivity index (χ4n) is 2.83. The molecular formula is C17H19N5O3S. The number of allylic oxidation sites excluding steroid dienone is 1. The van der Waals surface area contributed by atoms with E-state index in [9.17, 15) is 14.4 Å². The number of hydrogen-bond donors (Lipinski definition) is 4. The highest BCUT2D eigenvalue weighted by Crippen LogP contribution is 2.29. The summed E-state index contributed by atoms with van der Waals surface area (Å²) in [7, 11) is 0. The third-order valence-electron chi connectivity index (χ3n) is 3.92. The molecule has 26 heavy (non-hydrogen) atoms. The average Bonchev–Trinajstić information content (AvgIpc) is 3.07. The lowest BCUT2D eigenvalue weighted by Crippen LogP contribution is -2.47. The smallest absolute Gasteiger partial charge is 0.319 e. The Hall–Kier alpha value is -2.94. The van der Waals surface area contributed by atoms with Crippen LogP contribution in [-0.4, -0.2) is 28.5 Å². The summed E-state index contributed by atoms with van der Waals surface area (Å²) in [5.41, 5.74) is 1.40. The van der Waals surface area contributed by atoms with E-state index in [0.29, 0.717) is 35.8 Å². The van der Waals surface area contributed by atoms with Crippen molar-refractivity contribution in [3.05, 3.63) is 61.6 Å². The summed E-state index contributed by atoms with van der Waals surface area (Å²) in [5.74, 6) is 0.268. The van der Waals surface area contributed by atoms with Crippen LogP contribution in [0.1, 0.15) is 29.4 Å². The van der Waals surface area contributed by atoms with Gasteiger partial charge in [-0.2, -0.15) is 0 Å². The quantitative estimate of drug-likeness (QED) is 0.629. The predicted octanol–water partition coefficient (Wildman–Crippen LogP) is 1.13. The SMILES string of the molecule is CC1=C(C(=O)NCCc2cc(=O)[nH]c(C)n2)C(c2cccs2)NC(=O)N1. The Morgan fingerprint density at radius 2 is 2.15 bits per heavy atom. The van der Waals surface area contributed by atoms with Gasteiger partial charge in [0.1, 0.15) is 5.82 Å². The zero-order chi connectivity index (χ0) is 18.7. The molecule has 8 nitrogen and oxygen atoms in total. The lowest BCUT2D eigenvalue weighted by Gasteiger charge is -2.27. The average molecular weight is 373 g/mol. The van der Waals surface area contributed by atoms with Crippen molar-refractivity contribution >= 4 is 23.3 Å². The molecular weight excluding hydrogens is 354 g/mol. The zero-order valence-corrected chi connectivity index (χ0v) is 15.2. The summed E-state index contributed by atoms with van der Waals surface area (Å²) in [6.45, 7) is 3.74. The topological polar surface area (TPSA) is 116 Å². The molecule has 1 aliphatic heterocycles. The molecule has 3 amide bonds. The number of aromatic nitrogens is 2. The van der Waals surface area contributed by atoms with Crippen LogP contribution in [0, 0.1) is 6.92 Å². The van der Waals surface area contributed by atoms with Gasteiger partial charge in [0.15, 0.2) is 0 Å². The minimum atomic E-state index is -0.483. The van der Waals surface area contributed by atoms with Crippen molar-refractivity contribution in [3.63, 3.8) is 0 Å². The number of aryl methyl sites for hydroxylation is 1. The number of aromatic amines is 1. The summed E-state index contributed by atoms with van der Waals surface area (Å²) in [6.07, 6.45) is 0.437. The second kappa shape index (κ2) is 7.52. The van der Waals surface area contributed by atoms with Crippen LogP contribution >= 0.6 is 11.3 Å². The molecule has 4 N–H and O–H groups in total. The largest absolute Gasteiger partial charge is 0.352 e. The summed E-state index contributed by atoms with van der Waals surface area (Å²) in [5, 5.41) is 10.2. The first-order valence-corrected chi connectivity index (χ1v) is 8.98. The van der Waals surface area contributed by atoms with Gasteiger partial charge in [-0.05, 0) is 25.3 Å². The summed E-state index contributed by atoms with van der Waals surface area (Å²) in [6, 6.07) is 4.36. The zero-order valence-electron chi connectivity index (χ0n) is 14.4. The van der Waals surface area contributed by atoms with Crippen molar-refractivity contribution in [2.75, 3.05) is 6.54 Å². The molecule has 0 spiro atoms. The van der Waals surface area contributed by atoms with E-state index in [2.05, 4.69) is 25.9 Å². The molecule has 1 atom stereocenters. The lowest BCUT2D eigenvalue weighted by molar-refractivity contribution is -0.117. The number of carbonyl (C=O) groups excluding carboxylic acids is 2. The van der Waals surface area contributed by atoms with Crippen LogP contribution in [0.5, 0.6) is 0 Å². The first-order valence-electron chi connectivity index (χ1n) is 8.11. The molecule has 2 aromatic heterocycles. The summed E-state index contributed by atoms with van der Waals surface area (Å²) in [4.78, 5) is 43.7. The van der Waals surface area contributed by atoms with Crippen molar-refractivity contribution < 1.29 is 9.59 Å². The lowest BCUT2D eigenvalue weighted by atomic mass is 10.0. The van der Waals surface area contributed by atoms with Crippen LogP contribution in [-0.2, 0) is 11.2 Å². The Kier molecular flexibility index (Phi) is 5.17. The van der Waals surface area contributed by atoms with Gasteiger partial charge in [-0.1, -0.05) is 6.07 Å². The highest BCUT2D eigenvalue weighted by atomic mass is 32.1. The van der Waals surface area contributed by atoms with Gasteiger partial charge in [0.2, 0.25) is 0 Å². The van der Waals surface area contributed by atoms with Crippen molar-refractivity contribution in [1.82, 2.24) is 25.9 Å². The Morgan fingerprint density at radius 3 is 2.85 bits per heavy atom. The molecule has 0 saturated heterocycles. The van der Waals surface area contributed by atoms with Crippen molar-refractivity contribution in [2.45, 2.75) is 26.3 Å². The maximum Gasteiger partial charge on any atom is 0.319 e. The number of carbonyl (C=O) groups is 2. The van der Waals surface area contributed by atoms with Crippen molar-refractivity contribution in [3.8, 4) is 0 Å². The third-order valence-corrected chi connectivity index (χ3v) is 4.86. The summed E-state index contributed by atoms with van der Waals surface area (Å²) < 4.78 is 0. The molecule has 0 aliphatic carbocycles. The number of nitrogens with zero attached hydrogens (tertiary/aromatic N) is 1. The fraction of sp³-hybridized carbons (Fsp3) is 0.294. The van der Waals surface area contributed by atoms with Crippen molar-refractivity contribution in [1.29, 1.82) is 0 Å². The van der Waals surface area contributed by atoms with E-state index in [1.165, 1.54) is 17.4 Å². The van der Waals surface area contributed by atoms with Crippen LogP contribution in [0.15, 0.2) is 39.6 Å². The minimum absolute atomic E-state index is 0.214. The maximum absolute atomic E-state index is 12.7. The van der Waals surface area contributed by atoms with Crippen LogP contribution in [0.3, 0.4) is 0 Å². The highest BCUT2D eigenvalue weighted by molar-refractivity contribution is 7.10. The van der Waals surface area contributed by atoms with Crippen LogP contribution in [0.2, 0.25) is 0 Å². The van der Waals surface area contributed by atoms with E-state index < -0.39 is 6.04 Å². The highest BCUT2D eigenvalue weighted by Gasteiger charge is 2.31. The van der Waals surface area contributed by atoms with Gasteiger partial charge in [0, 0.05) is 35.3 Å². The van der Waals surface area contributed by atoms with Gasteiger partial charge in [0.05, 0.1) is 11.6 Å². The number of amides is 3. The second-order valence-electron chi connectivity index (χ2n) is 5.91. The van der Waals surface area contributed by atoms with E-state index in [1.807, 2.05) is 17.5 Å².